The van der Waals surface area contributed by atoms with E-state index in [-0.39, 0.29) is 0 Å². The summed E-state index contributed by atoms with van der Waals surface area (Å²) in [6.07, 6.45) is 5.54. The molecule has 110 valence electrons. The van der Waals surface area contributed by atoms with Crippen LogP contribution in [0.25, 0.3) is 0 Å². The number of nitrogens with one attached hydrogen (secondary N) is 1. The Hall–Kier alpha value is -0.880. The molecule has 2 bridgehead atoms. The normalized spacial score (nSPS) is 26.6. The fourth-order valence-corrected chi connectivity index (χ4v) is 3.97. The van der Waals surface area contributed by atoms with Crippen LogP contribution in [-0.2, 0) is 0 Å². The Morgan fingerprint density at radius 2 is 2.10 bits per heavy atom. The molecule has 3 heterocycles. The number of aromatic nitrogens is 2. The van der Waals surface area contributed by atoms with Crippen LogP contribution in [0.4, 0.5) is 11.6 Å². The second kappa shape index (κ2) is 5.85. The zero-order valence-electron chi connectivity index (χ0n) is 12.1. The number of hydrogen-bond donors (Lipinski definition) is 1. The van der Waals surface area contributed by atoms with E-state index in [0.717, 1.165) is 41.8 Å². The van der Waals surface area contributed by atoms with Gasteiger partial charge in [0.1, 0.15) is 22.4 Å². The number of halogens is 1. The van der Waals surface area contributed by atoms with Gasteiger partial charge in [0, 0.05) is 31.7 Å². The summed E-state index contributed by atoms with van der Waals surface area (Å²) in [4.78, 5) is 13.8. The van der Waals surface area contributed by atoms with E-state index in [2.05, 4.69) is 55.0 Å². The summed E-state index contributed by atoms with van der Waals surface area (Å²) in [7, 11) is 2.27. The van der Waals surface area contributed by atoms with E-state index < -0.39 is 0 Å². The Morgan fingerprint density at radius 1 is 1.30 bits per heavy atom. The van der Waals surface area contributed by atoms with Crippen LogP contribution in [-0.4, -0.2) is 53.6 Å². The van der Waals surface area contributed by atoms with Crippen LogP contribution in [0, 0.1) is 0 Å². The third kappa shape index (κ3) is 2.51. The summed E-state index contributed by atoms with van der Waals surface area (Å²) >= 11 is 3.67. The van der Waals surface area contributed by atoms with E-state index in [1.165, 1.54) is 19.3 Å². The van der Waals surface area contributed by atoms with Crippen molar-refractivity contribution < 1.29 is 0 Å². The van der Waals surface area contributed by atoms with E-state index in [9.17, 15) is 0 Å². The highest BCUT2D eigenvalue weighted by Gasteiger charge is 2.35. The quantitative estimate of drug-likeness (QED) is 0.915. The highest BCUT2D eigenvalue weighted by molar-refractivity contribution is 9.10. The Labute approximate surface area is 128 Å². The molecule has 2 aliphatic heterocycles. The molecule has 2 atom stereocenters. The molecule has 3 rings (SSSR count). The Balaban J connectivity index is 1.84. The third-order valence-corrected chi connectivity index (χ3v) is 5.29. The first-order chi connectivity index (χ1) is 9.70. The average Bonchev–Trinajstić information content (AvgIpc) is 2.67. The monoisotopic (exact) mass is 339 g/mol. The molecule has 0 spiro atoms. The summed E-state index contributed by atoms with van der Waals surface area (Å²) < 4.78 is 0.988. The standard InChI is InChI=1S/C14H22BrN5/c1-3-16-13-12(15)14(18-9-17-13)20-7-6-10-4-5-11(8-20)19(10)2/h9-11H,3-8H2,1-2H3,(H,16,17,18). The third-order valence-electron chi connectivity index (χ3n) is 4.56. The minimum absolute atomic E-state index is 0.659. The average molecular weight is 340 g/mol. The molecule has 0 radical (unpaired) electrons. The van der Waals surface area contributed by atoms with Crippen molar-refractivity contribution >= 4 is 27.6 Å². The molecule has 1 aromatic heterocycles. The zero-order valence-corrected chi connectivity index (χ0v) is 13.7. The maximum atomic E-state index is 4.50. The van der Waals surface area contributed by atoms with Crippen LogP contribution >= 0.6 is 15.9 Å². The van der Waals surface area contributed by atoms with Crippen molar-refractivity contribution in [1.29, 1.82) is 0 Å². The maximum Gasteiger partial charge on any atom is 0.148 e. The fraction of sp³-hybridized carbons (Fsp3) is 0.714. The van der Waals surface area contributed by atoms with Crippen molar-refractivity contribution in [3.05, 3.63) is 10.8 Å². The van der Waals surface area contributed by atoms with Crippen LogP contribution in [0.3, 0.4) is 0 Å². The van der Waals surface area contributed by atoms with E-state index in [4.69, 9.17) is 0 Å². The maximum absolute atomic E-state index is 4.50. The largest absolute Gasteiger partial charge is 0.369 e. The van der Waals surface area contributed by atoms with E-state index in [1.807, 2.05) is 0 Å². The summed E-state index contributed by atoms with van der Waals surface area (Å²) in [5.74, 6) is 1.91. The minimum atomic E-state index is 0.659. The zero-order chi connectivity index (χ0) is 14.1. The number of likely N-dealkylation sites (N-methyl/N-ethyl adjacent to an activating group) is 1. The SMILES string of the molecule is CCNc1ncnc(N2CCC3CCC(C2)N3C)c1Br. The Kier molecular flexibility index (Phi) is 4.12. The van der Waals surface area contributed by atoms with Crippen molar-refractivity contribution in [1.82, 2.24) is 14.9 Å². The van der Waals surface area contributed by atoms with Gasteiger partial charge < -0.3 is 10.2 Å². The van der Waals surface area contributed by atoms with Crippen LogP contribution in [0.1, 0.15) is 26.2 Å². The van der Waals surface area contributed by atoms with E-state index in [0.29, 0.717) is 6.04 Å². The lowest BCUT2D eigenvalue weighted by atomic mass is 10.1. The number of hydrogen-bond acceptors (Lipinski definition) is 5. The van der Waals surface area contributed by atoms with Gasteiger partial charge in [-0.05, 0) is 49.2 Å². The topological polar surface area (TPSA) is 44.3 Å². The van der Waals surface area contributed by atoms with Gasteiger partial charge in [0.15, 0.2) is 0 Å². The van der Waals surface area contributed by atoms with Crippen LogP contribution in [0.15, 0.2) is 10.8 Å². The van der Waals surface area contributed by atoms with Crippen molar-refractivity contribution in [3.8, 4) is 0 Å². The summed E-state index contributed by atoms with van der Waals surface area (Å²) in [5, 5.41) is 3.28. The summed E-state index contributed by atoms with van der Waals surface area (Å²) in [5.41, 5.74) is 0. The van der Waals surface area contributed by atoms with Crippen molar-refractivity contribution in [3.63, 3.8) is 0 Å². The van der Waals surface area contributed by atoms with Crippen LogP contribution < -0.4 is 10.2 Å². The molecule has 2 aliphatic rings. The Morgan fingerprint density at radius 3 is 2.90 bits per heavy atom. The molecular formula is C14H22BrN5. The van der Waals surface area contributed by atoms with Gasteiger partial charge in [0.05, 0.1) is 0 Å². The second-order valence-corrected chi connectivity index (χ2v) is 6.47. The lowest BCUT2D eigenvalue weighted by molar-refractivity contribution is 0.254. The first-order valence-corrected chi connectivity index (χ1v) is 8.21. The van der Waals surface area contributed by atoms with Gasteiger partial charge in [-0.15, -0.1) is 0 Å². The van der Waals surface area contributed by atoms with Gasteiger partial charge in [-0.2, -0.15) is 0 Å². The smallest absolute Gasteiger partial charge is 0.148 e. The van der Waals surface area contributed by atoms with Gasteiger partial charge in [-0.1, -0.05) is 0 Å². The van der Waals surface area contributed by atoms with Crippen molar-refractivity contribution in [2.75, 3.05) is 36.9 Å². The van der Waals surface area contributed by atoms with Crippen LogP contribution in [0.2, 0.25) is 0 Å². The highest BCUT2D eigenvalue weighted by atomic mass is 79.9. The van der Waals surface area contributed by atoms with Crippen LogP contribution in [0.5, 0.6) is 0 Å². The minimum Gasteiger partial charge on any atom is -0.369 e. The van der Waals surface area contributed by atoms with Gasteiger partial charge >= 0.3 is 0 Å². The van der Waals surface area contributed by atoms with E-state index in [1.54, 1.807) is 6.33 Å². The first kappa shape index (κ1) is 14.1. The molecule has 0 amide bonds. The second-order valence-electron chi connectivity index (χ2n) is 5.68. The molecule has 5 nitrogen and oxygen atoms in total. The lowest BCUT2D eigenvalue weighted by Crippen LogP contribution is -2.37. The van der Waals surface area contributed by atoms with E-state index >= 15 is 0 Å². The summed E-state index contributed by atoms with van der Waals surface area (Å²) in [6.45, 7) is 5.08. The summed E-state index contributed by atoms with van der Waals surface area (Å²) in [6, 6.07) is 1.41. The molecule has 6 heteroatoms. The van der Waals surface area contributed by atoms with Crippen molar-refractivity contribution in [2.24, 2.45) is 0 Å². The highest BCUT2D eigenvalue weighted by Crippen LogP contribution is 2.34. The van der Waals surface area contributed by atoms with Gasteiger partial charge in [0.2, 0.25) is 0 Å². The molecule has 2 fully saturated rings. The molecule has 0 aliphatic carbocycles. The number of anilines is 2. The van der Waals surface area contributed by atoms with Gasteiger partial charge in [0.25, 0.3) is 0 Å². The molecule has 2 unspecified atom stereocenters. The number of nitrogens with zero attached hydrogens (tertiary/aromatic N) is 4. The van der Waals surface area contributed by atoms with Gasteiger partial charge in [-0.3, -0.25) is 4.90 Å². The fourth-order valence-electron chi connectivity index (χ4n) is 3.37. The molecule has 2 saturated heterocycles. The molecule has 1 N–H and O–H groups in total. The molecular weight excluding hydrogens is 318 g/mol. The molecule has 0 aromatic carbocycles. The lowest BCUT2D eigenvalue weighted by Gasteiger charge is -2.27. The predicted molar refractivity (Wildman–Crippen MR) is 85.3 cm³/mol. The molecule has 0 saturated carbocycles. The number of rotatable bonds is 3. The number of fused-ring (bicyclic) bond motifs is 2. The first-order valence-electron chi connectivity index (χ1n) is 7.42. The Bertz CT molecular complexity index is 481. The molecule has 20 heavy (non-hydrogen) atoms. The predicted octanol–water partition coefficient (Wildman–Crippen LogP) is 2.34. The molecule has 1 aromatic rings. The van der Waals surface area contributed by atoms with Gasteiger partial charge in [-0.25, -0.2) is 9.97 Å². The van der Waals surface area contributed by atoms with Crippen molar-refractivity contribution in [2.45, 2.75) is 38.3 Å².